The van der Waals surface area contributed by atoms with E-state index in [0.29, 0.717) is 0 Å². The van der Waals surface area contributed by atoms with Gasteiger partial charge in [-0.2, -0.15) is 5.10 Å². The first kappa shape index (κ1) is 7.12. The van der Waals surface area contributed by atoms with E-state index in [9.17, 15) is 4.79 Å². The molecule has 0 amide bonds. The Morgan fingerprint density at radius 3 is 2.70 bits per heavy atom. The van der Waals surface area contributed by atoms with Crippen molar-refractivity contribution >= 4 is 26.6 Å². The van der Waals surface area contributed by atoms with E-state index in [1.807, 2.05) is 0 Å². The predicted molar refractivity (Wildman–Crippen MR) is 40.3 cm³/mol. The summed E-state index contributed by atoms with van der Waals surface area (Å²) < 4.78 is 1.13. The molecule has 0 atom stereocenters. The lowest BCUT2D eigenvalue weighted by Crippen LogP contribution is -2.44. The number of aryl methyl sites for hydroxylation is 1. The summed E-state index contributed by atoms with van der Waals surface area (Å²) in [5.74, 6) is 0. The van der Waals surface area contributed by atoms with E-state index in [1.165, 1.54) is 13.2 Å². The topological polar surface area (TPSA) is 34.9 Å². The first-order valence-corrected chi connectivity index (χ1v) is 2.70. The van der Waals surface area contributed by atoms with Crippen LogP contribution in [0.15, 0.2) is 11.0 Å². The molecule has 0 bridgehead atoms. The van der Waals surface area contributed by atoms with Crippen LogP contribution in [-0.2, 0) is 7.05 Å². The monoisotopic (exact) mass is 130 g/mol. The van der Waals surface area contributed by atoms with Crippen molar-refractivity contribution in [3.05, 3.63) is 16.6 Å². The summed E-state index contributed by atoms with van der Waals surface area (Å²) in [6.45, 7) is 0. The van der Waals surface area contributed by atoms with Gasteiger partial charge in [-0.15, -0.1) is 0 Å². The molecule has 0 saturated carbocycles. The van der Waals surface area contributed by atoms with Crippen LogP contribution in [0.1, 0.15) is 0 Å². The van der Waals surface area contributed by atoms with Gasteiger partial charge in [-0.25, -0.2) is 4.68 Å². The Hall–Kier alpha value is -0.990. The Bertz CT molecular complexity index is 307. The van der Waals surface area contributed by atoms with Crippen molar-refractivity contribution in [2.45, 2.75) is 0 Å². The smallest absolute Gasteiger partial charge is 0.258 e. The second kappa shape index (κ2) is 2.33. The van der Waals surface area contributed by atoms with E-state index in [-0.39, 0.29) is 16.5 Å². The Labute approximate surface area is 60.9 Å². The van der Waals surface area contributed by atoms with Crippen LogP contribution in [0.2, 0.25) is 0 Å². The third-order valence-electron chi connectivity index (χ3n) is 1.21. The lowest BCUT2D eigenvalue weighted by atomic mass is 9.83. The minimum Gasteiger partial charge on any atom is -0.269 e. The Balaban J connectivity index is 3.50. The van der Waals surface area contributed by atoms with Crippen molar-refractivity contribution in [1.29, 1.82) is 0 Å². The molecule has 0 unspecified atom stereocenters. The molecule has 0 spiro atoms. The molecule has 3 nitrogen and oxygen atoms in total. The molecule has 5 heteroatoms. The van der Waals surface area contributed by atoms with Crippen LogP contribution < -0.4 is 16.5 Å². The van der Waals surface area contributed by atoms with Crippen LogP contribution in [0.5, 0.6) is 0 Å². The molecule has 1 aromatic rings. The Morgan fingerprint density at radius 1 is 1.60 bits per heavy atom. The fourth-order valence-electron chi connectivity index (χ4n) is 0.569. The minimum atomic E-state index is -0.361. The summed E-state index contributed by atoms with van der Waals surface area (Å²) in [7, 11) is 12.1. The zero-order chi connectivity index (χ0) is 7.72. The van der Waals surface area contributed by atoms with Gasteiger partial charge < -0.3 is 0 Å². The molecule has 1 rings (SSSR count). The van der Waals surface area contributed by atoms with Gasteiger partial charge in [0.15, 0.2) is 0 Å². The van der Waals surface area contributed by atoms with Gasteiger partial charge in [-0.3, -0.25) is 4.79 Å². The maximum absolute atomic E-state index is 10.9. The fraction of sp³-hybridized carbons (Fsp3) is 0.200. The molecular formula is C5H4B2N2O. The van der Waals surface area contributed by atoms with Crippen molar-refractivity contribution in [2.24, 2.45) is 7.05 Å². The van der Waals surface area contributed by atoms with Crippen LogP contribution in [-0.4, -0.2) is 25.5 Å². The molecule has 0 fully saturated rings. The maximum atomic E-state index is 10.9. The van der Waals surface area contributed by atoms with Gasteiger partial charge in [-0.05, 0) is 5.46 Å². The van der Waals surface area contributed by atoms with E-state index in [4.69, 9.17) is 15.7 Å². The number of hydrogen-bond acceptors (Lipinski definition) is 2. The number of aromatic nitrogens is 2. The third kappa shape index (κ3) is 0.988. The van der Waals surface area contributed by atoms with Gasteiger partial charge in [0.2, 0.25) is 0 Å². The average Bonchev–Trinajstić information content (AvgIpc) is 1.93. The zero-order valence-electron chi connectivity index (χ0n) is 5.53. The van der Waals surface area contributed by atoms with E-state index < -0.39 is 0 Å². The van der Waals surface area contributed by atoms with Gasteiger partial charge in [0.25, 0.3) is 5.56 Å². The lowest BCUT2D eigenvalue weighted by molar-refractivity contribution is 0.716. The Morgan fingerprint density at radius 2 is 2.20 bits per heavy atom. The third-order valence-corrected chi connectivity index (χ3v) is 1.21. The molecule has 0 saturated heterocycles. The van der Waals surface area contributed by atoms with Crippen molar-refractivity contribution < 1.29 is 0 Å². The van der Waals surface area contributed by atoms with E-state index >= 15 is 0 Å². The second-order valence-corrected chi connectivity index (χ2v) is 1.94. The van der Waals surface area contributed by atoms with E-state index in [1.54, 1.807) is 0 Å². The minimum absolute atomic E-state index is 0.0532. The van der Waals surface area contributed by atoms with E-state index in [0.717, 1.165) is 4.68 Å². The van der Waals surface area contributed by atoms with Crippen molar-refractivity contribution in [3.63, 3.8) is 0 Å². The zero-order valence-corrected chi connectivity index (χ0v) is 5.53. The van der Waals surface area contributed by atoms with Gasteiger partial charge in [-0.1, -0.05) is 5.46 Å². The second-order valence-electron chi connectivity index (χ2n) is 1.94. The standard InChI is InChI=1S/C5H4B2N2O/c1-9-5(10)4(7)3(6)2-8-9/h2H,1H3. The fourth-order valence-corrected chi connectivity index (χ4v) is 0.569. The number of hydrogen-bond donors (Lipinski definition) is 0. The summed E-state index contributed by atoms with van der Waals surface area (Å²) in [6.07, 6.45) is 1.34. The van der Waals surface area contributed by atoms with Gasteiger partial charge in [0.1, 0.15) is 15.7 Å². The average molecular weight is 130 g/mol. The summed E-state index contributed by atoms with van der Waals surface area (Å²) in [5, 5.41) is 3.64. The van der Waals surface area contributed by atoms with Gasteiger partial charge >= 0.3 is 0 Å². The molecular weight excluding hydrogens is 126 g/mol. The van der Waals surface area contributed by atoms with Crippen LogP contribution in [0.4, 0.5) is 0 Å². The first-order chi connectivity index (χ1) is 4.63. The quantitative estimate of drug-likeness (QED) is 0.360. The largest absolute Gasteiger partial charge is 0.269 e. The summed E-state index contributed by atoms with van der Waals surface area (Å²) in [5.41, 5.74) is -0.0828. The summed E-state index contributed by atoms with van der Waals surface area (Å²) in [6, 6.07) is 0. The molecule has 46 valence electrons. The first-order valence-electron chi connectivity index (χ1n) is 2.70. The maximum Gasteiger partial charge on any atom is 0.258 e. The molecule has 0 aromatic carbocycles. The molecule has 1 aromatic heterocycles. The van der Waals surface area contributed by atoms with E-state index in [2.05, 4.69) is 5.10 Å². The molecule has 0 N–H and O–H groups in total. The molecule has 10 heavy (non-hydrogen) atoms. The number of rotatable bonds is 0. The molecule has 0 aliphatic rings. The molecule has 0 aliphatic carbocycles. The Kier molecular flexibility index (Phi) is 1.66. The van der Waals surface area contributed by atoms with Crippen LogP contribution in [0.3, 0.4) is 0 Å². The highest BCUT2D eigenvalue weighted by Gasteiger charge is 1.97. The predicted octanol–water partition coefficient (Wildman–Crippen LogP) is -2.63. The van der Waals surface area contributed by atoms with Crippen molar-refractivity contribution in [2.75, 3.05) is 0 Å². The summed E-state index contributed by atoms with van der Waals surface area (Å²) in [4.78, 5) is 10.9. The highest BCUT2D eigenvalue weighted by molar-refractivity contribution is 6.48. The highest BCUT2D eigenvalue weighted by Crippen LogP contribution is 1.59. The molecule has 1 heterocycles. The van der Waals surface area contributed by atoms with Crippen LogP contribution in [0.25, 0.3) is 0 Å². The summed E-state index contributed by atoms with van der Waals surface area (Å²) >= 11 is 0. The number of nitrogens with zero attached hydrogens (tertiary/aromatic N) is 2. The van der Waals surface area contributed by atoms with Gasteiger partial charge in [0.05, 0.1) is 0 Å². The SMILES string of the molecule is [B]c1cnn(C)c(=O)c1[B]. The van der Waals surface area contributed by atoms with Crippen LogP contribution in [0, 0.1) is 0 Å². The molecule has 4 radical (unpaired) electrons. The highest BCUT2D eigenvalue weighted by atomic mass is 16.1. The normalized spacial score (nSPS) is 9.70. The van der Waals surface area contributed by atoms with Gasteiger partial charge in [0, 0.05) is 13.2 Å². The van der Waals surface area contributed by atoms with Crippen LogP contribution >= 0.6 is 0 Å². The van der Waals surface area contributed by atoms with Crippen molar-refractivity contribution in [3.8, 4) is 0 Å². The molecule has 0 aliphatic heterocycles. The lowest BCUT2D eigenvalue weighted by Gasteiger charge is -1.99. The van der Waals surface area contributed by atoms with Crippen molar-refractivity contribution in [1.82, 2.24) is 9.78 Å².